The Morgan fingerprint density at radius 2 is 0.569 bits per heavy atom. The molecule has 0 aliphatic heterocycles. The average molecular weight is 923 g/mol. The topological polar surface area (TPSA) is 59.0 Å². The molecule has 336 valence electrons. The highest BCUT2D eigenvalue weighted by Crippen LogP contribution is 2.48. The molecule has 0 fully saturated rings. The second kappa shape index (κ2) is 14.9. The third kappa shape index (κ3) is 5.72. The quantitative estimate of drug-likeness (QED) is 0.166. The van der Waals surface area contributed by atoms with E-state index in [0.717, 1.165) is 154 Å². The molecular weight excluding hydrogens is 885 g/mol. The summed E-state index contributed by atoms with van der Waals surface area (Å²) in [5.74, 6) is 0. The first kappa shape index (κ1) is 39.1. The average Bonchev–Trinajstić information content (AvgIpc) is 4.20. The lowest BCUT2D eigenvalue weighted by Crippen LogP contribution is -2.10. The molecule has 0 saturated carbocycles. The molecule has 0 aliphatic rings. The van der Waals surface area contributed by atoms with E-state index in [1.54, 1.807) is 0 Å². The van der Waals surface area contributed by atoms with E-state index in [1.165, 1.54) is 0 Å². The minimum Gasteiger partial charge on any atom is -0.456 e. The molecule has 0 spiro atoms. The highest BCUT2D eigenvalue weighted by Gasteiger charge is 2.24. The van der Waals surface area contributed by atoms with Crippen LogP contribution in [0.5, 0.6) is 0 Å². The zero-order valence-corrected chi connectivity index (χ0v) is 38.5. The summed E-state index contributed by atoms with van der Waals surface area (Å²) < 4.78 is 26.7. The molecule has 0 aliphatic carbocycles. The highest BCUT2D eigenvalue weighted by molar-refractivity contribution is 6.22. The molecule has 0 bridgehead atoms. The summed E-state index contributed by atoms with van der Waals surface area (Å²) in [5, 5.41) is 15.0. The van der Waals surface area contributed by atoms with Crippen molar-refractivity contribution in [3.63, 3.8) is 0 Å². The summed E-state index contributed by atoms with van der Waals surface area (Å²) in [6, 6.07) is 81.2. The van der Waals surface area contributed by atoms with Gasteiger partial charge in [0.2, 0.25) is 0 Å². The molecular formula is C66H38N2O4. The fourth-order valence-electron chi connectivity index (χ4n) is 11.5. The SMILES string of the molecule is c1ccc(N(c2ccc3c(c2)oc2cc4cc5c(cc4cc23)oc2cc(N(c3ccccc3)c3cc4c6ccccc6oc4c4ccccc34)ccc25)c2cc3c4ccccc4oc3c3ccccc23)cc1. The van der Waals surface area contributed by atoms with Gasteiger partial charge in [-0.15, -0.1) is 0 Å². The van der Waals surface area contributed by atoms with Crippen LogP contribution in [-0.2, 0) is 0 Å². The van der Waals surface area contributed by atoms with Gasteiger partial charge in [0.05, 0.1) is 11.4 Å². The summed E-state index contributed by atoms with van der Waals surface area (Å²) >= 11 is 0. The first-order valence-electron chi connectivity index (χ1n) is 24.3. The first-order valence-corrected chi connectivity index (χ1v) is 24.3. The van der Waals surface area contributed by atoms with Crippen LogP contribution in [0.1, 0.15) is 0 Å². The number of fused-ring (bicyclic) bond motifs is 17. The largest absolute Gasteiger partial charge is 0.456 e. The minimum atomic E-state index is 0.815. The van der Waals surface area contributed by atoms with Gasteiger partial charge in [-0.25, -0.2) is 0 Å². The van der Waals surface area contributed by atoms with Gasteiger partial charge in [-0.3, -0.25) is 0 Å². The Bertz CT molecular complexity index is 4580. The fourth-order valence-corrected chi connectivity index (χ4v) is 11.5. The Morgan fingerprint density at radius 3 is 1.01 bits per heavy atom. The summed E-state index contributed by atoms with van der Waals surface area (Å²) in [4.78, 5) is 4.66. The van der Waals surface area contributed by atoms with Gasteiger partial charge in [0.25, 0.3) is 0 Å². The zero-order valence-electron chi connectivity index (χ0n) is 38.5. The van der Waals surface area contributed by atoms with Crippen molar-refractivity contribution in [1.29, 1.82) is 0 Å². The second-order valence-electron chi connectivity index (χ2n) is 18.8. The summed E-state index contributed by atoms with van der Waals surface area (Å²) in [6.07, 6.45) is 0. The lowest BCUT2D eigenvalue weighted by atomic mass is 10.0. The summed E-state index contributed by atoms with van der Waals surface area (Å²) in [6.45, 7) is 0. The summed E-state index contributed by atoms with van der Waals surface area (Å²) in [7, 11) is 0. The number of para-hydroxylation sites is 4. The third-order valence-electron chi connectivity index (χ3n) is 14.7. The molecule has 0 radical (unpaired) electrons. The third-order valence-corrected chi connectivity index (χ3v) is 14.7. The van der Waals surface area contributed by atoms with Crippen molar-refractivity contribution in [2.75, 3.05) is 9.80 Å². The molecule has 6 heteroatoms. The van der Waals surface area contributed by atoms with Gasteiger partial charge in [-0.05, 0) is 108 Å². The number of anilines is 6. The smallest absolute Gasteiger partial charge is 0.143 e. The van der Waals surface area contributed by atoms with E-state index in [9.17, 15) is 0 Å². The van der Waals surface area contributed by atoms with Crippen LogP contribution in [0, 0.1) is 0 Å². The number of rotatable bonds is 6. The van der Waals surface area contributed by atoms with Crippen LogP contribution in [-0.4, -0.2) is 0 Å². The molecule has 0 unspecified atom stereocenters. The molecule has 4 heterocycles. The van der Waals surface area contributed by atoms with E-state index in [1.807, 2.05) is 24.3 Å². The van der Waals surface area contributed by atoms with E-state index >= 15 is 0 Å². The highest BCUT2D eigenvalue weighted by atomic mass is 16.3. The molecule has 16 aromatic rings. The molecule has 16 rings (SSSR count). The van der Waals surface area contributed by atoms with Gasteiger partial charge in [-0.1, -0.05) is 121 Å². The molecule has 72 heavy (non-hydrogen) atoms. The van der Waals surface area contributed by atoms with Crippen molar-refractivity contribution in [3.8, 4) is 0 Å². The fraction of sp³-hybridized carbons (Fsp3) is 0. The maximum atomic E-state index is 6.83. The maximum Gasteiger partial charge on any atom is 0.143 e. The van der Waals surface area contributed by atoms with Gasteiger partial charge in [0.1, 0.15) is 44.7 Å². The van der Waals surface area contributed by atoms with E-state index in [0.29, 0.717) is 0 Å². The van der Waals surface area contributed by atoms with Crippen molar-refractivity contribution >= 4 is 154 Å². The van der Waals surface area contributed by atoms with Crippen molar-refractivity contribution in [1.82, 2.24) is 0 Å². The lowest BCUT2D eigenvalue weighted by molar-refractivity contribution is 0.668. The number of benzene rings is 12. The number of nitrogens with zero attached hydrogens (tertiary/aromatic N) is 2. The Balaban J connectivity index is 0.828. The Labute approximate surface area is 410 Å². The van der Waals surface area contributed by atoms with E-state index < -0.39 is 0 Å². The normalized spacial score (nSPS) is 12.2. The molecule has 0 N–H and O–H groups in total. The molecule has 0 amide bonds. The molecule has 0 atom stereocenters. The van der Waals surface area contributed by atoms with Gasteiger partial charge in [0.15, 0.2) is 0 Å². The lowest BCUT2D eigenvalue weighted by Gasteiger charge is -2.27. The zero-order chi connectivity index (χ0) is 47.0. The van der Waals surface area contributed by atoms with E-state index in [-0.39, 0.29) is 0 Å². The Hall–Kier alpha value is -9.78. The van der Waals surface area contributed by atoms with E-state index in [4.69, 9.17) is 17.7 Å². The molecule has 0 saturated heterocycles. The van der Waals surface area contributed by atoms with Gasteiger partial charge in [0, 0.05) is 99.5 Å². The van der Waals surface area contributed by atoms with Crippen molar-refractivity contribution in [2.24, 2.45) is 0 Å². The standard InChI is InChI=1S/C66H38N2O4/c1-3-15-41(16-4-1)67(57-37-55-47-21-11-13-25-59(47)71-65(55)51-23-9-7-19-45(51)57)43-27-29-49-53-31-39-34-62-54(32-40(39)33-61(53)69-63(49)35-43)50-30-28-44(36-64(50)70-62)68(42-17-5-2-6-18-42)58-38-56-48-22-12-14-26-60(48)72-66(56)52-24-10-8-20-46(52)58/h1-38H. The maximum absolute atomic E-state index is 6.83. The van der Waals surface area contributed by atoms with Crippen molar-refractivity contribution in [3.05, 3.63) is 231 Å². The first-order chi connectivity index (χ1) is 35.7. The van der Waals surface area contributed by atoms with Crippen LogP contribution in [0.15, 0.2) is 248 Å². The van der Waals surface area contributed by atoms with Crippen LogP contribution >= 0.6 is 0 Å². The number of hydrogen-bond donors (Lipinski definition) is 0. The monoisotopic (exact) mass is 922 g/mol. The predicted molar refractivity (Wildman–Crippen MR) is 297 cm³/mol. The van der Waals surface area contributed by atoms with Crippen LogP contribution in [0.4, 0.5) is 34.1 Å². The van der Waals surface area contributed by atoms with Gasteiger partial charge < -0.3 is 27.5 Å². The van der Waals surface area contributed by atoms with Crippen LogP contribution in [0.25, 0.3) is 120 Å². The number of furan rings is 4. The van der Waals surface area contributed by atoms with Gasteiger partial charge >= 0.3 is 0 Å². The van der Waals surface area contributed by atoms with Gasteiger partial charge in [-0.2, -0.15) is 0 Å². The van der Waals surface area contributed by atoms with Crippen molar-refractivity contribution in [2.45, 2.75) is 0 Å². The van der Waals surface area contributed by atoms with Crippen LogP contribution < -0.4 is 9.80 Å². The predicted octanol–water partition coefficient (Wildman–Crippen LogP) is 19.7. The van der Waals surface area contributed by atoms with Crippen LogP contribution in [0.3, 0.4) is 0 Å². The Kier molecular flexibility index (Phi) is 8.07. The molecule has 4 aromatic heterocycles. The number of hydrogen-bond acceptors (Lipinski definition) is 6. The van der Waals surface area contributed by atoms with Crippen LogP contribution in [0.2, 0.25) is 0 Å². The summed E-state index contributed by atoms with van der Waals surface area (Å²) in [5.41, 5.74) is 13.0. The minimum absolute atomic E-state index is 0.815. The Morgan fingerprint density at radius 1 is 0.208 bits per heavy atom. The molecule has 6 nitrogen and oxygen atoms in total. The molecule has 12 aromatic carbocycles. The van der Waals surface area contributed by atoms with E-state index in [2.05, 4.69) is 216 Å². The van der Waals surface area contributed by atoms with Crippen molar-refractivity contribution < 1.29 is 17.7 Å². The second-order valence-corrected chi connectivity index (χ2v) is 18.8.